The summed E-state index contributed by atoms with van der Waals surface area (Å²) in [5.41, 5.74) is -0.758. The summed E-state index contributed by atoms with van der Waals surface area (Å²) in [6.45, 7) is 9.25. The van der Waals surface area contributed by atoms with Crippen LogP contribution in [0.2, 0.25) is 0 Å². The molecule has 1 aromatic rings. The van der Waals surface area contributed by atoms with Crippen molar-refractivity contribution < 1.29 is 5.11 Å². The van der Waals surface area contributed by atoms with Crippen molar-refractivity contribution >= 4 is 11.3 Å². The highest BCUT2D eigenvalue weighted by Gasteiger charge is 2.21. The maximum Gasteiger partial charge on any atom is 0.107 e. The zero-order valence-electron chi connectivity index (χ0n) is 10.9. The molecule has 4 heteroatoms. The molecule has 1 fully saturated rings. The quantitative estimate of drug-likeness (QED) is 0.900. The first-order valence-corrected chi connectivity index (χ1v) is 7.16. The lowest BCUT2D eigenvalue weighted by atomic mass is 9.99. The van der Waals surface area contributed by atoms with Crippen LogP contribution in [0.5, 0.6) is 0 Å². The highest BCUT2D eigenvalue weighted by Crippen LogP contribution is 2.27. The first-order chi connectivity index (χ1) is 7.95. The van der Waals surface area contributed by atoms with E-state index < -0.39 is 5.60 Å². The molecule has 0 bridgehead atoms. The summed E-state index contributed by atoms with van der Waals surface area (Å²) in [6, 6.07) is 0. The Morgan fingerprint density at radius 1 is 1.47 bits per heavy atom. The van der Waals surface area contributed by atoms with E-state index in [0.29, 0.717) is 0 Å². The van der Waals surface area contributed by atoms with Gasteiger partial charge in [-0.1, -0.05) is 6.92 Å². The highest BCUT2D eigenvalue weighted by molar-refractivity contribution is 7.11. The van der Waals surface area contributed by atoms with Crippen molar-refractivity contribution in [1.29, 1.82) is 0 Å². The lowest BCUT2D eigenvalue weighted by Gasteiger charge is -2.29. The van der Waals surface area contributed by atoms with E-state index in [9.17, 15) is 5.11 Å². The fraction of sp³-hybridized carbons (Fsp3) is 0.769. The summed E-state index contributed by atoms with van der Waals surface area (Å²) < 4.78 is 0. The topological polar surface area (TPSA) is 36.4 Å². The summed E-state index contributed by atoms with van der Waals surface area (Å²) in [6.07, 6.45) is 4.40. The number of aromatic nitrogens is 1. The predicted octanol–water partition coefficient (Wildman–Crippen LogP) is 2.60. The molecule has 0 amide bonds. The third kappa shape index (κ3) is 3.50. The Bertz CT molecular complexity index is 362. The Hall–Kier alpha value is -0.450. The molecule has 0 radical (unpaired) electrons. The van der Waals surface area contributed by atoms with Gasteiger partial charge in [-0.15, -0.1) is 11.3 Å². The molecule has 1 aromatic heterocycles. The van der Waals surface area contributed by atoms with Gasteiger partial charge in [-0.2, -0.15) is 0 Å². The molecule has 96 valence electrons. The first-order valence-electron chi connectivity index (χ1n) is 6.35. The largest absolute Gasteiger partial charge is 0.385 e. The molecule has 0 saturated carbocycles. The Balaban J connectivity index is 1.93. The van der Waals surface area contributed by atoms with Gasteiger partial charge in [0.15, 0.2) is 0 Å². The predicted molar refractivity (Wildman–Crippen MR) is 71.0 cm³/mol. The van der Waals surface area contributed by atoms with E-state index in [-0.39, 0.29) is 0 Å². The van der Waals surface area contributed by atoms with E-state index >= 15 is 0 Å². The number of rotatable bonds is 3. The molecule has 2 heterocycles. The summed E-state index contributed by atoms with van der Waals surface area (Å²) >= 11 is 1.63. The molecule has 0 aromatic carbocycles. The third-order valence-electron chi connectivity index (χ3n) is 3.39. The summed E-state index contributed by atoms with van der Waals surface area (Å²) in [7, 11) is 0. The van der Waals surface area contributed by atoms with E-state index in [2.05, 4.69) is 16.8 Å². The van der Waals surface area contributed by atoms with E-state index in [1.54, 1.807) is 11.3 Å². The molecule has 1 aliphatic rings. The molecule has 0 spiro atoms. The Morgan fingerprint density at radius 3 is 2.65 bits per heavy atom. The van der Waals surface area contributed by atoms with E-state index in [1.807, 2.05) is 20.0 Å². The van der Waals surface area contributed by atoms with Crippen molar-refractivity contribution in [3.05, 3.63) is 16.1 Å². The highest BCUT2D eigenvalue weighted by atomic mass is 32.1. The number of hydrogen-bond donors (Lipinski definition) is 1. The van der Waals surface area contributed by atoms with Crippen molar-refractivity contribution in [3.8, 4) is 0 Å². The van der Waals surface area contributed by atoms with Crippen LogP contribution in [0.3, 0.4) is 0 Å². The van der Waals surface area contributed by atoms with Crippen LogP contribution in [0.1, 0.15) is 43.5 Å². The molecular weight excluding hydrogens is 232 g/mol. The average molecular weight is 254 g/mol. The van der Waals surface area contributed by atoms with Crippen molar-refractivity contribution in [2.24, 2.45) is 5.92 Å². The van der Waals surface area contributed by atoms with Crippen LogP contribution in [0, 0.1) is 5.92 Å². The van der Waals surface area contributed by atoms with Gasteiger partial charge in [-0.3, -0.25) is 4.90 Å². The second-order valence-electron chi connectivity index (χ2n) is 5.64. The number of likely N-dealkylation sites (tertiary alicyclic amines) is 1. The smallest absolute Gasteiger partial charge is 0.107 e. The molecule has 1 N–H and O–H groups in total. The molecule has 0 aliphatic carbocycles. The van der Waals surface area contributed by atoms with Gasteiger partial charge in [-0.25, -0.2) is 4.98 Å². The van der Waals surface area contributed by atoms with Crippen molar-refractivity contribution in [2.45, 2.75) is 45.8 Å². The second-order valence-corrected chi connectivity index (χ2v) is 6.75. The molecule has 1 aliphatic heterocycles. The molecule has 0 unspecified atom stereocenters. The lowest BCUT2D eigenvalue weighted by Crippen LogP contribution is -2.32. The third-order valence-corrected chi connectivity index (χ3v) is 4.69. The Kier molecular flexibility index (Phi) is 3.85. The molecule has 1 saturated heterocycles. The van der Waals surface area contributed by atoms with Crippen LogP contribution in [-0.2, 0) is 12.1 Å². The van der Waals surface area contributed by atoms with Crippen LogP contribution in [0.4, 0.5) is 0 Å². The van der Waals surface area contributed by atoms with E-state index in [0.717, 1.165) is 22.3 Å². The number of aliphatic hydroxyl groups is 1. The summed E-state index contributed by atoms with van der Waals surface area (Å²) in [4.78, 5) is 7.83. The van der Waals surface area contributed by atoms with Crippen LogP contribution in [-0.4, -0.2) is 28.1 Å². The zero-order chi connectivity index (χ0) is 12.5. The fourth-order valence-electron chi connectivity index (χ4n) is 2.08. The van der Waals surface area contributed by atoms with E-state index in [1.165, 1.54) is 25.9 Å². The van der Waals surface area contributed by atoms with Gasteiger partial charge in [0.1, 0.15) is 5.01 Å². The van der Waals surface area contributed by atoms with E-state index in [4.69, 9.17) is 0 Å². The van der Waals surface area contributed by atoms with Gasteiger partial charge >= 0.3 is 0 Å². The van der Waals surface area contributed by atoms with Gasteiger partial charge in [0.05, 0.1) is 17.0 Å². The van der Waals surface area contributed by atoms with Crippen molar-refractivity contribution in [3.63, 3.8) is 0 Å². The van der Waals surface area contributed by atoms with Crippen molar-refractivity contribution in [1.82, 2.24) is 9.88 Å². The average Bonchev–Trinajstić information content (AvgIpc) is 2.69. The molecular formula is C13H22N2OS. The van der Waals surface area contributed by atoms with Gasteiger partial charge in [0, 0.05) is 6.20 Å². The zero-order valence-corrected chi connectivity index (χ0v) is 11.8. The van der Waals surface area contributed by atoms with Gasteiger partial charge in [-0.05, 0) is 45.7 Å². The lowest BCUT2D eigenvalue weighted by molar-refractivity contribution is 0.0823. The first kappa shape index (κ1) is 13.0. The minimum Gasteiger partial charge on any atom is -0.385 e. The molecule has 2 rings (SSSR count). The standard InChI is InChI=1S/C13H22N2OS/c1-10-4-6-15(7-5-10)9-12-14-8-11(17-12)13(2,3)16/h8,10,16H,4-7,9H2,1-3H3. The molecule has 17 heavy (non-hydrogen) atoms. The van der Waals surface area contributed by atoms with Gasteiger partial charge in [0.25, 0.3) is 0 Å². The molecule has 3 nitrogen and oxygen atoms in total. The normalized spacial score (nSPS) is 19.8. The number of thiazole rings is 1. The van der Waals surface area contributed by atoms with Gasteiger partial charge < -0.3 is 5.11 Å². The maximum absolute atomic E-state index is 9.90. The fourth-order valence-corrected chi connectivity index (χ4v) is 3.04. The summed E-state index contributed by atoms with van der Waals surface area (Å²) in [5.74, 6) is 0.870. The minimum absolute atomic E-state index is 0.758. The van der Waals surface area contributed by atoms with Crippen molar-refractivity contribution in [2.75, 3.05) is 13.1 Å². The monoisotopic (exact) mass is 254 g/mol. The second kappa shape index (κ2) is 5.04. The molecule has 0 atom stereocenters. The number of nitrogens with zero attached hydrogens (tertiary/aromatic N) is 2. The number of piperidine rings is 1. The summed E-state index contributed by atoms with van der Waals surface area (Å²) in [5, 5.41) is 11.0. The van der Waals surface area contributed by atoms with Gasteiger partial charge in [0.2, 0.25) is 0 Å². The minimum atomic E-state index is -0.758. The number of hydrogen-bond acceptors (Lipinski definition) is 4. The SMILES string of the molecule is CC1CCN(Cc2ncc(C(C)(C)O)s2)CC1. The maximum atomic E-state index is 9.90. The van der Waals surface area contributed by atoms with Crippen LogP contribution in [0.15, 0.2) is 6.20 Å². The van der Waals surface area contributed by atoms with Crippen LogP contribution in [0.25, 0.3) is 0 Å². The van der Waals surface area contributed by atoms with Crippen LogP contribution >= 0.6 is 11.3 Å². The Morgan fingerprint density at radius 2 is 2.12 bits per heavy atom. The van der Waals surface area contributed by atoms with Crippen LogP contribution < -0.4 is 0 Å². The Labute approximate surface area is 107 Å².